The number of pyridine rings is 1. The van der Waals surface area contributed by atoms with Crippen molar-refractivity contribution in [1.29, 1.82) is 0 Å². The summed E-state index contributed by atoms with van der Waals surface area (Å²) in [5.41, 5.74) is 1.01. The van der Waals surface area contributed by atoms with Crippen LogP contribution in [-0.2, 0) is 20.7 Å². The van der Waals surface area contributed by atoms with Crippen molar-refractivity contribution in [2.45, 2.75) is 76.9 Å². The molecular formula is C31H35ClFN3O4S. The van der Waals surface area contributed by atoms with Crippen LogP contribution >= 0.6 is 23.4 Å². The molecule has 2 aromatic rings. The SMILES string of the molecule is C[C@]12Cc3cnn(-c4ccc(Cl)cn4)c3C=C1CC[C@@H]1[C@@H]2[C@@H](O)C[C@@]2(C)[C@H]1CC[C@]2(OC(=O)C1CC1)C(=O)SCF. The van der Waals surface area contributed by atoms with Gasteiger partial charge in [-0.2, -0.15) is 5.10 Å². The number of rotatable bonds is 5. The van der Waals surface area contributed by atoms with Crippen LogP contribution in [0.1, 0.15) is 70.1 Å². The van der Waals surface area contributed by atoms with E-state index in [1.54, 1.807) is 12.3 Å². The number of fused-ring (bicyclic) bond motifs is 6. The van der Waals surface area contributed by atoms with E-state index in [-0.39, 0.29) is 35.1 Å². The minimum absolute atomic E-state index is 0.00963. The van der Waals surface area contributed by atoms with Crippen molar-refractivity contribution in [2.75, 3.05) is 6.01 Å². The number of carbonyl (C=O) groups excluding carboxylic acids is 2. The third kappa shape index (κ3) is 4.01. The van der Waals surface area contributed by atoms with Crippen LogP contribution in [0.2, 0.25) is 5.02 Å². The quantitative estimate of drug-likeness (QED) is 0.424. The first-order valence-electron chi connectivity index (χ1n) is 14.7. The summed E-state index contributed by atoms with van der Waals surface area (Å²) in [5, 5.41) is 16.8. The molecule has 7 atom stereocenters. The molecule has 4 fully saturated rings. The molecule has 2 heterocycles. The Hall–Kier alpha value is -2.23. The van der Waals surface area contributed by atoms with E-state index in [0.29, 0.717) is 35.4 Å². The highest BCUT2D eigenvalue weighted by Gasteiger charge is 2.71. The van der Waals surface area contributed by atoms with Crippen LogP contribution in [0.5, 0.6) is 0 Å². The number of alkyl halides is 1. The monoisotopic (exact) mass is 599 g/mol. The largest absolute Gasteiger partial charge is 0.449 e. The topological polar surface area (TPSA) is 94.3 Å². The van der Waals surface area contributed by atoms with Crippen molar-refractivity contribution >= 4 is 40.5 Å². The Morgan fingerprint density at radius 3 is 2.73 bits per heavy atom. The molecular weight excluding hydrogens is 565 g/mol. The lowest BCUT2D eigenvalue weighted by atomic mass is 9.45. The molecule has 0 bridgehead atoms. The Morgan fingerprint density at radius 2 is 2.02 bits per heavy atom. The number of hydrogen-bond acceptors (Lipinski definition) is 7. The van der Waals surface area contributed by atoms with Gasteiger partial charge in [-0.25, -0.2) is 14.1 Å². The van der Waals surface area contributed by atoms with E-state index in [1.165, 1.54) is 5.57 Å². The Morgan fingerprint density at radius 1 is 1.22 bits per heavy atom. The average molecular weight is 600 g/mol. The second kappa shape index (κ2) is 9.64. The van der Waals surface area contributed by atoms with E-state index in [9.17, 15) is 19.1 Å². The molecule has 0 saturated heterocycles. The molecule has 0 unspecified atom stereocenters. The normalized spacial score (nSPS) is 37.3. The zero-order valence-corrected chi connectivity index (χ0v) is 24.9. The molecule has 0 aliphatic heterocycles. The zero-order chi connectivity index (χ0) is 28.7. The molecule has 1 N–H and O–H groups in total. The van der Waals surface area contributed by atoms with Gasteiger partial charge in [-0.1, -0.05) is 31.0 Å². The number of carbonyl (C=O) groups is 2. The summed E-state index contributed by atoms with van der Waals surface area (Å²) in [5.74, 6) is 0.435. The van der Waals surface area contributed by atoms with Crippen LogP contribution in [-0.4, -0.2) is 48.7 Å². The van der Waals surface area contributed by atoms with Gasteiger partial charge in [0.05, 0.1) is 28.9 Å². The number of aliphatic hydroxyl groups is 1. The second-order valence-corrected chi connectivity index (χ2v) is 14.5. The Bertz CT molecular complexity index is 1440. The van der Waals surface area contributed by atoms with Gasteiger partial charge in [-0.05, 0) is 110 Å². The lowest BCUT2D eigenvalue weighted by Gasteiger charge is -2.60. The number of halogens is 2. The lowest BCUT2D eigenvalue weighted by molar-refractivity contribution is -0.197. The van der Waals surface area contributed by atoms with E-state index in [4.69, 9.17) is 16.3 Å². The van der Waals surface area contributed by atoms with E-state index in [1.807, 2.05) is 23.9 Å². The summed E-state index contributed by atoms with van der Waals surface area (Å²) >= 11 is 6.66. The number of nitrogens with zero attached hydrogens (tertiary/aromatic N) is 3. The number of aromatic nitrogens is 3. The highest BCUT2D eigenvalue weighted by atomic mass is 35.5. The number of esters is 1. The van der Waals surface area contributed by atoms with E-state index < -0.39 is 28.2 Å². The van der Waals surface area contributed by atoms with E-state index >= 15 is 0 Å². The van der Waals surface area contributed by atoms with Gasteiger partial charge in [0, 0.05) is 11.6 Å². The molecule has 0 amide bonds. The minimum atomic E-state index is -1.40. The highest BCUT2D eigenvalue weighted by Crippen LogP contribution is 2.69. The van der Waals surface area contributed by atoms with Gasteiger partial charge in [0.25, 0.3) is 0 Å². The van der Waals surface area contributed by atoms with Crippen molar-refractivity contribution in [3.05, 3.63) is 46.4 Å². The molecule has 0 aromatic carbocycles. The maximum Gasteiger partial charge on any atom is 0.309 e. The number of hydrogen-bond donors (Lipinski definition) is 1. The molecule has 7 rings (SSSR count). The predicted octanol–water partition coefficient (Wildman–Crippen LogP) is 5.95. The summed E-state index contributed by atoms with van der Waals surface area (Å²) in [7, 11) is 0. The van der Waals surface area contributed by atoms with Crippen molar-refractivity contribution in [2.24, 2.45) is 34.5 Å². The third-order valence-electron chi connectivity index (χ3n) is 11.2. The fraction of sp³-hybridized carbons (Fsp3) is 0.613. The summed E-state index contributed by atoms with van der Waals surface area (Å²) in [4.78, 5) is 31.0. The molecule has 218 valence electrons. The average Bonchev–Trinajstić information content (AvgIpc) is 3.65. The molecule has 0 radical (unpaired) electrons. The first kappa shape index (κ1) is 27.6. The molecule has 10 heteroatoms. The Labute approximate surface area is 248 Å². The maximum absolute atomic E-state index is 13.6. The van der Waals surface area contributed by atoms with Crippen LogP contribution in [0.4, 0.5) is 4.39 Å². The van der Waals surface area contributed by atoms with Gasteiger partial charge in [-0.15, -0.1) is 0 Å². The summed E-state index contributed by atoms with van der Waals surface area (Å²) in [6, 6.07) is 2.80. The van der Waals surface area contributed by atoms with Crippen LogP contribution in [0, 0.1) is 34.5 Å². The van der Waals surface area contributed by atoms with Crippen LogP contribution in [0.25, 0.3) is 11.9 Å². The van der Waals surface area contributed by atoms with Gasteiger partial charge in [0.1, 0.15) is 6.01 Å². The van der Waals surface area contributed by atoms with Gasteiger partial charge < -0.3 is 9.84 Å². The predicted molar refractivity (Wildman–Crippen MR) is 154 cm³/mol. The molecule has 41 heavy (non-hydrogen) atoms. The van der Waals surface area contributed by atoms with Crippen molar-refractivity contribution in [3.63, 3.8) is 0 Å². The molecule has 0 spiro atoms. The van der Waals surface area contributed by atoms with Crippen LogP contribution < -0.4 is 0 Å². The minimum Gasteiger partial charge on any atom is -0.449 e. The number of ether oxygens (including phenoxy) is 1. The van der Waals surface area contributed by atoms with Crippen molar-refractivity contribution in [1.82, 2.24) is 14.8 Å². The second-order valence-electron chi connectivity index (χ2n) is 13.2. The summed E-state index contributed by atoms with van der Waals surface area (Å²) in [6.07, 6.45) is 10.6. The number of allylic oxidation sites excluding steroid dienone is 1. The van der Waals surface area contributed by atoms with Gasteiger partial charge >= 0.3 is 5.97 Å². The van der Waals surface area contributed by atoms with Crippen molar-refractivity contribution < 1.29 is 23.8 Å². The molecule has 7 nitrogen and oxygen atoms in total. The fourth-order valence-corrected chi connectivity index (χ4v) is 9.95. The Balaban J connectivity index is 1.23. The smallest absolute Gasteiger partial charge is 0.309 e. The van der Waals surface area contributed by atoms with Crippen LogP contribution in [0.15, 0.2) is 30.1 Å². The summed E-state index contributed by atoms with van der Waals surface area (Å²) in [6.45, 7) is 4.28. The molecule has 5 aliphatic carbocycles. The molecule has 2 aromatic heterocycles. The first-order valence-corrected chi connectivity index (χ1v) is 16.0. The van der Waals surface area contributed by atoms with Gasteiger partial charge in [0.2, 0.25) is 5.12 Å². The standard InChI is InChI=1S/C31H35ClFN3O4S/c1-29-12-18-14-35-36(25-8-6-20(32)15-34-25)23(18)11-19(29)5-7-21-22-9-10-31(28(39)41-16-33,40-27(38)17-3-4-17)30(22,2)13-24(37)26(21)29/h6,8,11,14-15,17,21-22,24,26,37H,3-5,7,9-10,12-13,16H2,1-2H3/t21-,22-,24-,26+,29-,30-,31-/m0/s1. The van der Waals surface area contributed by atoms with Gasteiger partial charge in [-0.3, -0.25) is 9.59 Å². The van der Waals surface area contributed by atoms with E-state index in [2.05, 4.69) is 23.1 Å². The van der Waals surface area contributed by atoms with Crippen LogP contribution in [0.3, 0.4) is 0 Å². The molecule has 4 saturated carbocycles. The fourth-order valence-electron chi connectivity index (χ4n) is 9.13. The zero-order valence-electron chi connectivity index (χ0n) is 23.3. The third-order valence-corrected chi connectivity index (χ3v) is 12.1. The summed E-state index contributed by atoms with van der Waals surface area (Å²) < 4.78 is 21.5. The number of aliphatic hydroxyl groups excluding tert-OH is 1. The number of thioether (sulfide) groups is 1. The van der Waals surface area contributed by atoms with E-state index in [0.717, 1.165) is 49.8 Å². The highest BCUT2D eigenvalue weighted by molar-refractivity contribution is 8.13. The maximum atomic E-state index is 13.6. The lowest BCUT2D eigenvalue weighted by Crippen LogP contribution is -2.62. The Kier molecular flexibility index (Phi) is 6.49. The van der Waals surface area contributed by atoms with Crippen molar-refractivity contribution in [3.8, 4) is 5.82 Å². The molecule has 5 aliphatic rings. The first-order chi connectivity index (χ1) is 19.6. The van der Waals surface area contributed by atoms with Gasteiger partial charge in [0.15, 0.2) is 11.4 Å².